The molecular weight excluding hydrogens is 431 g/mol. The lowest BCUT2D eigenvalue weighted by Crippen LogP contribution is -2.14. The Balaban J connectivity index is 2.40. The van der Waals surface area contributed by atoms with E-state index >= 15 is 0 Å². The van der Waals surface area contributed by atoms with Crippen molar-refractivity contribution >= 4 is 59.2 Å². The van der Waals surface area contributed by atoms with Crippen LogP contribution in [0.5, 0.6) is 0 Å². The minimum Gasteiger partial charge on any atom is -0.280 e. The van der Waals surface area contributed by atoms with Gasteiger partial charge < -0.3 is 0 Å². The van der Waals surface area contributed by atoms with Crippen LogP contribution in [0.25, 0.3) is 0 Å². The third-order valence-electron chi connectivity index (χ3n) is 2.47. The Kier molecular flexibility index (Phi) is 4.73. The molecule has 0 spiro atoms. The highest BCUT2D eigenvalue weighted by Crippen LogP contribution is 2.26. The van der Waals surface area contributed by atoms with Crippen LogP contribution in [0.4, 0.5) is 5.69 Å². The van der Waals surface area contributed by atoms with E-state index in [0.717, 1.165) is 10.0 Å². The van der Waals surface area contributed by atoms with E-state index in [1.54, 1.807) is 18.2 Å². The Labute approximate surface area is 138 Å². The molecule has 1 N–H and O–H groups in total. The molecule has 0 atom stereocenters. The molecule has 2 aromatic rings. The Bertz CT molecular complexity index is 766. The number of hydrogen-bond acceptors (Lipinski definition) is 3. The Morgan fingerprint density at radius 2 is 1.95 bits per heavy atom. The monoisotopic (exact) mass is 438 g/mol. The van der Waals surface area contributed by atoms with E-state index < -0.39 is 10.0 Å². The zero-order chi connectivity index (χ0) is 14.9. The highest BCUT2D eigenvalue weighted by molar-refractivity contribution is 9.10. The van der Waals surface area contributed by atoms with Crippen LogP contribution >= 0.6 is 43.5 Å². The molecule has 0 radical (unpaired) electrons. The molecular formula is C12H9Br2ClN2O2S. The summed E-state index contributed by atoms with van der Waals surface area (Å²) in [6.45, 7) is 1.87. The summed E-state index contributed by atoms with van der Waals surface area (Å²) >= 11 is 12.4. The molecule has 8 heteroatoms. The van der Waals surface area contributed by atoms with Gasteiger partial charge >= 0.3 is 0 Å². The quantitative estimate of drug-likeness (QED) is 0.721. The average molecular weight is 441 g/mol. The lowest BCUT2D eigenvalue weighted by molar-refractivity contribution is 0.601. The van der Waals surface area contributed by atoms with Crippen LogP contribution in [0.1, 0.15) is 5.56 Å². The maximum atomic E-state index is 12.3. The van der Waals surface area contributed by atoms with E-state index in [-0.39, 0.29) is 10.0 Å². The fourth-order valence-corrected chi connectivity index (χ4v) is 3.75. The van der Waals surface area contributed by atoms with E-state index in [2.05, 4.69) is 41.6 Å². The van der Waals surface area contributed by atoms with Crippen molar-refractivity contribution in [2.45, 2.75) is 11.8 Å². The van der Waals surface area contributed by atoms with Gasteiger partial charge in [-0.15, -0.1) is 0 Å². The first kappa shape index (κ1) is 15.8. The predicted octanol–water partition coefficient (Wildman–Crippen LogP) is 4.37. The van der Waals surface area contributed by atoms with Gasteiger partial charge in [-0.3, -0.25) is 4.72 Å². The zero-order valence-corrected chi connectivity index (χ0v) is 14.9. The number of nitrogens with one attached hydrogen (secondary N) is 1. The van der Waals surface area contributed by atoms with Gasteiger partial charge in [-0.25, -0.2) is 13.4 Å². The molecule has 0 unspecified atom stereocenters. The largest absolute Gasteiger partial charge is 0.280 e. The summed E-state index contributed by atoms with van der Waals surface area (Å²) < 4.78 is 28.5. The van der Waals surface area contributed by atoms with Crippen molar-refractivity contribution in [3.8, 4) is 0 Å². The molecule has 0 fully saturated rings. The van der Waals surface area contributed by atoms with Crippen molar-refractivity contribution in [2.24, 2.45) is 0 Å². The summed E-state index contributed by atoms with van der Waals surface area (Å²) in [5.74, 6) is 0. The van der Waals surface area contributed by atoms with Crippen LogP contribution in [0.15, 0.2) is 44.3 Å². The predicted molar refractivity (Wildman–Crippen MR) is 86.6 cm³/mol. The van der Waals surface area contributed by atoms with Crippen LogP contribution in [-0.4, -0.2) is 13.4 Å². The average Bonchev–Trinajstić information content (AvgIpc) is 2.36. The maximum Gasteiger partial charge on any atom is 0.265 e. The number of pyridine rings is 1. The number of nitrogens with zero attached hydrogens (tertiary/aromatic N) is 1. The first-order valence-electron chi connectivity index (χ1n) is 5.39. The van der Waals surface area contributed by atoms with Gasteiger partial charge in [0.1, 0.15) is 10.0 Å². The Morgan fingerprint density at radius 1 is 1.25 bits per heavy atom. The standard InChI is InChI=1S/C12H9Br2ClN2O2S/c1-7-4-9(2-3-10(7)14)17-20(18,19)11-5-8(13)6-16-12(11)15/h2-6,17H,1H3. The van der Waals surface area contributed by atoms with Gasteiger partial charge in [-0.1, -0.05) is 27.5 Å². The van der Waals surface area contributed by atoms with Gasteiger partial charge in [0.25, 0.3) is 10.0 Å². The van der Waals surface area contributed by atoms with E-state index in [9.17, 15) is 8.42 Å². The summed E-state index contributed by atoms with van der Waals surface area (Å²) in [6.07, 6.45) is 1.44. The SMILES string of the molecule is Cc1cc(NS(=O)(=O)c2cc(Br)cnc2Cl)ccc1Br. The number of benzene rings is 1. The third kappa shape index (κ3) is 3.52. The molecule has 106 valence electrons. The number of halogens is 3. The van der Waals surface area contributed by atoms with Crippen LogP contribution in [0.2, 0.25) is 5.15 Å². The van der Waals surface area contributed by atoms with Crippen molar-refractivity contribution < 1.29 is 8.42 Å². The fraction of sp³-hybridized carbons (Fsp3) is 0.0833. The molecule has 0 bridgehead atoms. The summed E-state index contributed by atoms with van der Waals surface area (Å²) in [6, 6.07) is 6.56. The van der Waals surface area contributed by atoms with Crippen LogP contribution in [0, 0.1) is 6.92 Å². The van der Waals surface area contributed by atoms with E-state index in [4.69, 9.17) is 11.6 Å². The van der Waals surface area contributed by atoms with E-state index in [1.165, 1.54) is 12.3 Å². The molecule has 1 heterocycles. The molecule has 1 aromatic carbocycles. The van der Waals surface area contributed by atoms with Crippen LogP contribution in [0.3, 0.4) is 0 Å². The molecule has 0 saturated carbocycles. The minimum absolute atomic E-state index is 0.0745. The van der Waals surface area contributed by atoms with Crippen molar-refractivity contribution in [3.05, 3.63) is 50.1 Å². The maximum absolute atomic E-state index is 12.3. The summed E-state index contributed by atoms with van der Waals surface area (Å²) in [4.78, 5) is 3.74. The van der Waals surface area contributed by atoms with Crippen molar-refractivity contribution in [1.82, 2.24) is 4.98 Å². The van der Waals surface area contributed by atoms with Crippen LogP contribution in [-0.2, 0) is 10.0 Å². The van der Waals surface area contributed by atoms with Gasteiger partial charge in [-0.2, -0.15) is 0 Å². The summed E-state index contributed by atoms with van der Waals surface area (Å²) in [5, 5.41) is -0.0745. The Morgan fingerprint density at radius 3 is 2.60 bits per heavy atom. The van der Waals surface area contributed by atoms with Gasteiger partial charge in [0, 0.05) is 20.8 Å². The smallest absolute Gasteiger partial charge is 0.265 e. The number of sulfonamides is 1. The molecule has 0 amide bonds. The topological polar surface area (TPSA) is 59.1 Å². The number of hydrogen-bond donors (Lipinski definition) is 1. The molecule has 0 aliphatic rings. The van der Waals surface area contributed by atoms with Crippen LogP contribution < -0.4 is 4.72 Å². The minimum atomic E-state index is -3.79. The first-order valence-corrected chi connectivity index (χ1v) is 8.84. The second kappa shape index (κ2) is 6.01. The first-order chi connectivity index (χ1) is 9.29. The van der Waals surface area contributed by atoms with Crippen molar-refractivity contribution in [2.75, 3.05) is 4.72 Å². The molecule has 0 aliphatic carbocycles. The van der Waals surface area contributed by atoms with Crippen molar-refractivity contribution in [3.63, 3.8) is 0 Å². The van der Waals surface area contributed by atoms with Crippen molar-refractivity contribution in [1.29, 1.82) is 0 Å². The second-order valence-electron chi connectivity index (χ2n) is 4.01. The fourth-order valence-electron chi connectivity index (χ4n) is 1.51. The lowest BCUT2D eigenvalue weighted by atomic mass is 10.2. The summed E-state index contributed by atoms with van der Waals surface area (Å²) in [5.41, 5.74) is 1.38. The van der Waals surface area contributed by atoms with Gasteiger partial charge in [-0.05, 0) is 52.7 Å². The molecule has 4 nitrogen and oxygen atoms in total. The number of rotatable bonds is 3. The second-order valence-corrected chi connectivity index (χ2v) is 7.79. The highest BCUT2D eigenvalue weighted by Gasteiger charge is 2.19. The number of aryl methyl sites for hydroxylation is 1. The lowest BCUT2D eigenvalue weighted by Gasteiger charge is -2.10. The van der Waals surface area contributed by atoms with E-state index in [0.29, 0.717) is 10.2 Å². The van der Waals surface area contributed by atoms with E-state index in [1.807, 2.05) is 6.92 Å². The Hall–Kier alpha value is -0.630. The van der Waals surface area contributed by atoms with Gasteiger partial charge in [0.2, 0.25) is 0 Å². The molecule has 0 saturated heterocycles. The highest BCUT2D eigenvalue weighted by atomic mass is 79.9. The normalized spacial score (nSPS) is 11.4. The molecule has 1 aromatic heterocycles. The zero-order valence-electron chi connectivity index (χ0n) is 10.2. The van der Waals surface area contributed by atoms with Gasteiger partial charge in [0.15, 0.2) is 0 Å². The molecule has 0 aliphatic heterocycles. The summed E-state index contributed by atoms with van der Waals surface area (Å²) in [7, 11) is -3.79. The molecule has 20 heavy (non-hydrogen) atoms. The van der Waals surface area contributed by atoms with Gasteiger partial charge in [0.05, 0.1) is 0 Å². The molecule has 2 rings (SSSR count). The third-order valence-corrected chi connectivity index (χ3v) is 5.60. The number of aromatic nitrogens is 1. The number of anilines is 1.